The lowest BCUT2D eigenvalue weighted by atomic mass is 9.82. The largest absolute Gasteiger partial charge is 0.481 e. The van der Waals surface area contributed by atoms with Gasteiger partial charge in [0, 0.05) is 12.6 Å². The smallest absolute Gasteiger partial charge is 0.310 e. The number of carboxylic acid groups (broad SMARTS) is 1. The Morgan fingerprint density at radius 2 is 2.10 bits per heavy atom. The summed E-state index contributed by atoms with van der Waals surface area (Å²) in [7, 11) is 0. The minimum atomic E-state index is -0.867. The molecular weight excluding hydrogens is 256 g/mol. The van der Waals surface area contributed by atoms with Crippen LogP contribution < -0.4 is 5.32 Å². The number of hydrogen-bond donors (Lipinski definition) is 2. The molecule has 0 aromatic carbocycles. The van der Waals surface area contributed by atoms with Crippen molar-refractivity contribution in [3.05, 3.63) is 30.1 Å². The molecule has 0 saturated heterocycles. The number of carbonyl (C=O) groups excluding carboxylic acids is 1. The maximum Gasteiger partial charge on any atom is 0.310 e. The van der Waals surface area contributed by atoms with Crippen molar-refractivity contribution in [1.82, 2.24) is 10.3 Å². The highest BCUT2D eigenvalue weighted by atomic mass is 16.4. The fourth-order valence-electron chi connectivity index (χ4n) is 2.82. The van der Waals surface area contributed by atoms with E-state index in [9.17, 15) is 14.7 Å². The molecule has 5 nitrogen and oxygen atoms in total. The van der Waals surface area contributed by atoms with Gasteiger partial charge in [-0.25, -0.2) is 0 Å². The Bertz CT molecular complexity index is 481. The number of carbonyl (C=O) groups is 2. The molecule has 108 valence electrons. The molecule has 2 N–H and O–H groups in total. The van der Waals surface area contributed by atoms with Gasteiger partial charge in [-0.05, 0) is 31.9 Å². The molecule has 1 atom stereocenters. The zero-order valence-corrected chi connectivity index (χ0v) is 11.6. The molecule has 1 unspecified atom stereocenters. The minimum Gasteiger partial charge on any atom is -0.481 e. The summed E-state index contributed by atoms with van der Waals surface area (Å²) >= 11 is 0. The Morgan fingerprint density at radius 1 is 1.40 bits per heavy atom. The van der Waals surface area contributed by atoms with Gasteiger partial charge in [0.05, 0.1) is 17.2 Å². The van der Waals surface area contributed by atoms with E-state index in [4.69, 9.17) is 0 Å². The van der Waals surface area contributed by atoms with Gasteiger partial charge >= 0.3 is 5.97 Å². The molecule has 0 radical (unpaired) electrons. The van der Waals surface area contributed by atoms with Gasteiger partial charge in [0.2, 0.25) is 5.91 Å². The second-order valence-electron chi connectivity index (χ2n) is 5.51. The van der Waals surface area contributed by atoms with Crippen molar-refractivity contribution >= 4 is 11.9 Å². The van der Waals surface area contributed by atoms with Crippen LogP contribution in [0.1, 0.15) is 50.8 Å². The summed E-state index contributed by atoms with van der Waals surface area (Å²) in [6, 6.07) is 5.31. The molecule has 1 fully saturated rings. The summed E-state index contributed by atoms with van der Waals surface area (Å²) in [5.74, 6) is -1.07. The molecule has 5 heteroatoms. The average Bonchev–Trinajstić information content (AvgIpc) is 2.89. The molecule has 1 aromatic rings. The van der Waals surface area contributed by atoms with E-state index in [1.165, 1.54) is 0 Å². The van der Waals surface area contributed by atoms with E-state index in [1.54, 1.807) is 6.20 Å². The van der Waals surface area contributed by atoms with Gasteiger partial charge in [0.15, 0.2) is 0 Å². The van der Waals surface area contributed by atoms with Gasteiger partial charge in [-0.1, -0.05) is 18.9 Å². The maximum atomic E-state index is 12.1. The molecule has 0 aliphatic heterocycles. The van der Waals surface area contributed by atoms with Crippen LogP contribution in [0, 0.1) is 5.41 Å². The van der Waals surface area contributed by atoms with Crippen molar-refractivity contribution in [1.29, 1.82) is 0 Å². The highest BCUT2D eigenvalue weighted by molar-refractivity contribution is 5.85. The molecular formula is C15H20N2O3. The van der Waals surface area contributed by atoms with Gasteiger partial charge in [0.1, 0.15) is 0 Å². The third-order valence-corrected chi connectivity index (χ3v) is 4.02. The number of amides is 1. The fraction of sp³-hybridized carbons (Fsp3) is 0.533. The number of carboxylic acids is 1. The monoisotopic (exact) mass is 276 g/mol. The number of aliphatic carboxylic acids is 1. The van der Waals surface area contributed by atoms with Crippen molar-refractivity contribution in [3.8, 4) is 0 Å². The van der Waals surface area contributed by atoms with Crippen LogP contribution in [0.3, 0.4) is 0 Å². The van der Waals surface area contributed by atoms with Crippen molar-refractivity contribution in [3.63, 3.8) is 0 Å². The lowest BCUT2D eigenvalue weighted by molar-refractivity contribution is -0.151. The van der Waals surface area contributed by atoms with Crippen molar-refractivity contribution in [2.75, 3.05) is 0 Å². The van der Waals surface area contributed by atoms with Crippen molar-refractivity contribution < 1.29 is 14.7 Å². The van der Waals surface area contributed by atoms with Gasteiger partial charge in [-0.15, -0.1) is 0 Å². The Hall–Kier alpha value is -1.91. The van der Waals surface area contributed by atoms with E-state index in [0.717, 1.165) is 18.5 Å². The fourth-order valence-corrected chi connectivity index (χ4v) is 2.82. The first-order chi connectivity index (χ1) is 9.53. The number of hydrogen-bond acceptors (Lipinski definition) is 3. The first-order valence-electron chi connectivity index (χ1n) is 6.97. The van der Waals surface area contributed by atoms with E-state index in [-0.39, 0.29) is 18.4 Å². The maximum absolute atomic E-state index is 12.1. The normalized spacial score (nSPS) is 18.4. The summed E-state index contributed by atoms with van der Waals surface area (Å²) in [5.41, 5.74) is -0.0925. The molecule has 1 aliphatic rings. The SMILES string of the molecule is CC(NC(=O)CC1(C(=O)O)CCCC1)c1ccccn1. The quantitative estimate of drug-likeness (QED) is 0.864. The second kappa shape index (κ2) is 6.03. The highest BCUT2D eigenvalue weighted by Gasteiger charge is 2.43. The molecule has 1 saturated carbocycles. The molecule has 1 aromatic heterocycles. The number of pyridine rings is 1. The Balaban J connectivity index is 1.97. The summed E-state index contributed by atoms with van der Waals surface area (Å²) in [4.78, 5) is 27.7. The predicted octanol–water partition coefficient (Wildman–Crippen LogP) is 2.29. The van der Waals surface area contributed by atoms with Crippen LogP contribution in [0.15, 0.2) is 24.4 Å². The van der Waals surface area contributed by atoms with E-state index in [0.29, 0.717) is 12.8 Å². The first kappa shape index (κ1) is 14.5. The molecule has 1 amide bonds. The van der Waals surface area contributed by atoms with Crippen LogP contribution in [0.4, 0.5) is 0 Å². The van der Waals surface area contributed by atoms with Crippen LogP contribution >= 0.6 is 0 Å². The lowest BCUT2D eigenvalue weighted by Crippen LogP contribution is -2.36. The van der Waals surface area contributed by atoms with Gasteiger partial charge in [-0.3, -0.25) is 14.6 Å². The third-order valence-electron chi connectivity index (χ3n) is 4.02. The third kappa shape index (κ3) is 3.15. The molecule has 1 aliphatic carbocycles. The predicted molar refractivity (Wildman–Crippen MR) is 73.9 cm³/mol. The van der Waals surface area contributed by atoms with E-state index in [1.807, 2.05) is 25.1 Å². The van der Waals surface area contributed by atoms with Crippen LogP contribution in [-0.2, 0) is 9.59 Å². The van der Waals surface area contributed by atoms with Crippen molar-refractivity contribution in [2.24, 2.45) is 5.41 Å². The van der Waals surface area contributed by atoms with E-state index in [2.05, 4.69) is 10.3 Å². The van der Waals surface area contributed by atoms with Gasteiger partial charge < -0.3 is 10.4 Å². The Kier molecular flexibility index (Phi) is 4.37. The van der Waals surface area contributed by atoms with E-state index < -0.39 is 11.4 Å². The summed E-state index contributed by atoms with van der Waals surface area (Å²) < 4.78 is 0. The standard InChI is InChI=1S/C15H20N2O3/c1-11(12-6-2-5-9-16-12)17-13(18)10-15(14(19)20)7-3-4-8-15/h2,5-6,9,11H,3-4,7-8,10H2,1H3,(H,17,18)(H,19,20). The lowest BCUT2D eigenvalue weighted by Gasteiger charge is -2.24. The van der Waals surface area contributed by atoms with Crippen LogP contribution in [0.2, 0.25) is 0 Å². The van der Waals surface area contributed by atoms with E-state index >= 15 is 0 Å². The molecule has 0 bridgehead atoms. The Morgan fingerprint density at radius 3 is 2.65 bits per heavy atom. The van der Waals surface area contributed by atoms with Crippen LogP contribution in [0.25, 0.3) is 0 Å². The molecule has 2 rings (SSSR count). The summed E-state index contributed by atoms with van der Waals surface area (Å²) in [6.45, 7) is 1.85. The number of nitrogens with one attached hydrogen (secondary N) is 1. The zero-order valence-electron chi connectivity index (χ0n) is 11.6. The van der Waals surface area contributed by atoms with Crippen LogP contribution in [-0.4, -0.2) is 22.0 Å². The van der Waals surface area contributed by atoms with Crippen molar-refractivity contribution in [2.45, 2.75) is 45.1 Å². The zero-order chi connectivity index (χ0) is 14.6. The number of nitrogens with zero attached hydrogens (tertiary/aromatic N) is 1. The minimum absolute atomic E-state index is 0.0551. The topological polar surface area (TPSA) is 79.3 Å². The number of aromatic nitrogens is 1. The average molecular weight is 276 g/mol. The van der Waals surface area contributed by atoms with Crippen LogP contribution in [0.5, 0.6) is 0 Å². The number of rotatable bonds is 5. The van der Waals surface area contributed by atoms with Gasteiger partial charge in [-0.2, -0.15) is 0 Å². The second-order valence-corrected chi connectivity index (χ2v) is 5.51. The summed E-state index contributed by atoms with van der Waals surface area (Å²) in [5, 5.41) is 12.2. The molecule has 0 spiro atoms. The molecule has 1 heterocycles. The molecule has 20 heavy (non-hydrogen) atoms. The highest BCUT2D eigenvalue weighted by Crippen LogP contribution is 2.41. The summed E-state index contributed by atoms with van der Waals surface area (Å²) in [6.07, 6.45) is 4.68. The first-order valence-corrected chi connectivity index (χ1v) is 6.97. The Labute approximate surface area is 118 Å². The van der Waals surface area contributed by atoms with Gasteiger partial charge in [0.25, 0.3) is 0 Å².